The molecule has 0 saturated carbocycles. The summed E-state index contributed by atoms with van der Waals surface area (Å²) in [5.74, 6) is 1.40. The van der Waals surface area contributed by atoms with Crippen LogP contribution in [0.1, 0.15) is 52.9 Å². The van der Waals surface area contributed by atoms with E-state index in [1.54, 1.807) is 24.7 Å². The molecule has 0 unspecified atom stereocenters. The van der Waals surface area contributed by atoms with Gasteiger partial charge in [-0.05, 0) is 51.3 Å². The molecule has 7 heteroatoms. The van der Waals surface area contributed by atoms with Crippen LogP contribution in [0.3, 0.4) is 0 Å². The lowest BCUT2D eigenvalue weighted by Crippen LogP contribution is -2.39. The third-order valence-corrected chi connectivity index (χ3v) is 4.82. The molecule has 0 radical (unpaired) electrons. The Hall–Kier alpha value is -3.09. The van der Waals surface area contributed by atoms with Gasteiger partial charge >= 0.3 is 0 Å². The maximum absolute atomic E-state index is 13.1. The molecule has 1 atom stereocenters. The maximum atomic E-state index is 13.1. The average Bonchev–Trinajstić information content (AvgIpc) is 3.14. The molecule has 7 nitrogen and oxygen atoms in total. The number of carbonyl (C=O) groups excluding carboxylic acids is 1. The van der Waals surface area contributed by atoms with Crippen molar-refractivity contribution in [2.75, 3.05) is 6.54 Å². The van der Waals surface area contributed by atoms with Gasteiger partial charge < -0.3 is 9.88 Å². The summed E-state index contributed by atoms with van der Waals surface area (Å²) < 4.78 is 0. The van der Waals surface area contributed by atoms with E-state index in [0.29, 0.717) is 11.4 Å². The SMILES string of the molecule is Cc1nc(-c2ncc(C)[nH]2)cc([C@H]2CCCCN2C(=O)c2cccnc2)n1. The number of nitrogens with one attached hydrogen (secondary N) is 1. The van der Waals surface area contributed by atoms with Crippen LogP contribution in [0.15, 0.2) is 36.8 Å². The molecular formula is C20H22N6O. The highest BCUT2D eigenvalue weighted by molar-refractivity contribution is 5.94. The Balaban J connectivity index is 1.70. The number of pyridine rings is 1. The quantitative estimate of drug-likeness (QED) is 0.773. The fraction of sp³-hybridized carbons (Fsp3) is 0.350. The van der Waals surface area contributed by atoms with Crippen LogP contribution in [0, 0.1) is 13.8 Å². The number of rotatable bonds is 3. The van der Waals surface area contributed by atoms with Crippen molar-refractivity contribution in [2.45, 2.75) is 39.2 Å². The first-order valence-corrected chi connectivity index (χ1v) is 9.20. The van der Waals surface area contributed by atoms with Crippen molar-refractivity contribution in [3.05, 3.63) is 59.6 Å². The van der Waals surface area contributed by atoms with Crippen molar-refractivity contribution in [2.24, 2.45) is 0 Å². The lowest BCUT2D eigenvalue weighted by atomic mass is 9.97. The molecule has 4 heterocycles. The molecule has 1 N–H and O–H groups in total. The number of H-pyrrole nitrogens is 1. The zero-order valence-electron chi connectivity index (χ0n) is 15.5. The van der Waals surface area contributed by atoms with Crippen LogP contribution in [0.5, 0.6) is 0 Å². The largest absolute Gasteiger partial charge is 0.341 e. The van der Waals surface area contributed by atoms with E-state index in [1.165, 1.54) is 0 Å². The van der Waals surface area contributed by atoms with E-state index in [0.717, 1.165) is 48.7 Å². The predicted octanol–water partition coefficient (Wildman–Crippen LogP) is 3.25. The summed E-state index contributed by atoms with van der Waals surface area (Å²) in [5.41, 5.74) is 3.21. The first-order valence-electron chi connectivity index (χ1n) is 9.20. The molecule has 138 valence electrons. The molecule has 0 aliphatic carbocycles. The van der Waals surface area contributed by atoms with Gasteiger partial charge in [-0.25, -0.2) is 15.0 Å². The molecule has 1 aliphatic rings. The van der Waals surface area contributed by atoms with Gasteiger partial charge in [0.15, 0.2) is 5.82 Å². The minimum atomic E-state index is -0.0667. The molecule has 0 spiro atoms. The number of aryl methyl sites for hydroxylation is 2. The number of piperidine rings is 1. The second-order valence-electron chi connectivity index (χ2n) is 6.89. The van der Waals surface area contributed by atoms with E-state index in [-0.39, 0.29) is 11.9 Å². The molecule has 3 aromatic heterocycles. The van der Waals surface area contributed by atoms with Crippen LogP contribution in [0.4, 0.5) is 0 Å². The number of likely N-dealkylation sites (tertiary alicyclic amines) is 1. The molecule has 1 amide bonds. The molecule has 27 heavy (non-hydrogen) atoms. The van der Waals surface area contributed by atoms with Crippen molar-refractivity contribution in [3.63, 3.8) is 0 Å². The number of imidazole rings is 1. The van der Waals surface area contributed by atoms with Crippen LogP contribution in [0.25, 0.3) is 11.5 Å². The van der Waals surface area contributed by atoms with Gasteiger partial charge in [0, 0.05) is 30.8 Å². The van der Waals surface area contributed by atoms with Gasteiger partial charge in [-0.2, -0.15) is 0 Å². The summed E-state index contributed by atoms with van der Waals surface area (Å²) in [6.07, 6.45) is 8.03. The van der Waals surface area contributed by atoms with Gasteiger partial charge in [-0.1, -0.05) is 0 Å². The van der Waals surface area contributed by atoms with E-state index in [9.17, 15) is 4.79 Å². The maximum Gasteiger partial charge on any atom is 0.255 e. The zero-order valence-corrected chi connectivity index (χ0v) is 15.5. The van der Waals surface area contributed by atoms with Gasteiger partial charge in [0.05, 0.1) is 17.3 Å². The number of hydrogen-bond donors (Lipinski definition) is 1. The van der Waals surface area contributed by atoms with E-state index < -0.39 is 0 Å². The molecule has 0 bridgehead atoms. The lowest BCUT2D eigenvalue weighted by Gasteiger charge is -2.35. The van der Waals surface area contributed by atoms with Crippen molar-refractivity contribution in [3.8, 4) is 11.5 Å². The van der Waals surface area contributed by atoms with E-state index in [1.807, 2.05) is 30.9 Å². The normalized spacial score (nSPS) is 17.1. The fourth-order valence-corrected chi connectivity index (χ4v) is 3.56. The summed E-state index contributed by atoms with van der Waals surface area (Å²) in [6.45, 7) is 4.55. The molecule has 3 aromatic rings. The van der Waals surface area contributed by atoms with Crippen molar-refractivity contribution in [1.29, 1.82) is 0 Å². The average molecular weight is 362 g/mol. The Morgan fingerprint density at radius 1 is 1.22 bits per heavy atom. The second kappa shape index (κ2) is 7.26. The van der Waals surface area contributed by atoms with Crippen molar-refractivity contribution in [1.82, 2.24) is 29.8 Å². The van der Waals surface area contributed by atoms with Gasteiger partial charge in [-0.3, -0.25) is 9.78 Å². The second-order valence-corrected chi connectivity index (χ2v) is 6.89. The van der Waals surface area contributed by atoms with E-state index in [4.69, 9.17) is 0 Å². The molecular weight excluding hydrogens is 340 g/mol. The first-order chi connectivity index (χ1) is 13.1. The summed E-state index contributed by atoms with van der Waals surface area (Å²) >= 11 is 0. The fourth-order valence-electron chi connectivity index (χ4n) is 3.56. The number of nitrogens with zero attached hydrogens (tertiary/aromatic N) is 5. The summed E-state index contributed by atoms with van der Waals surface area (Å²) in [5, 5.41) is 0. The number of amides is 1. The Bertz CT molecular complexity index is 952. The van der Waals surface area contributed by atoms with Crippen molar-refractivity contribution >= 4 is 5.91 Å². The van der Waals surface area contributed by atoms with Crippen LogP contribution in [-0.4, -0.2) is 42.3 Å². The Morgan fingerprint density at radius 3 is 2.85 bits per heavy atom. The first kappa shape index (κ1) is 17.3. The zero-order chi connectivity index (χ0) is 18.8. The van der Waals surface area contributed by atoms with Crippen LogP contribution in [-0.2, 0) is 0 Å². The third kappa shape index (κ3) is 3.58. The molecule has 1 fully saturated rings. The topological polar surface area (TPSA) is 87.7 Å². The van der Waals surface area contributed by atoms with Gasteiger partial charge in [-0.15, -0.1) is 0 Å². The molecule has 4 rings (SSSR count). The van der Waals surface area contributed by atoms with Crippen LogP contribution in [0.2, 0.25) is 0 Å². The monoisotopic (exact) mass is 362 g/mol. The van der Waals surface area contributed by atoms with Gasteiger partial charge in [0.1, 0.15) is 11.5 Å². The number of aromatic amines is 1. The van der Waals surface area contributed by atoms with Gasteiger partial charge in [0.25, 0.3) is 5.91 Å². The highest BCUT2D eigenvalue weighted by Gasteiger charge is 2.30. The summed E-state index contributed by atoms with van der Waals surface area (Å²) in [7, 11) is 0. The van der Waals surface area contributed by atoms with Gasteiger partial charge in [0.2, 0.25) is 0 Å². The Kier molecular flexibility index (Phi) is 4.66. The Labute approximate surface area is 157 Å². The Morgan fingerprint density at radius 2 is 2.11 bits per heavy atom. The van der Waals surface area contributed by atoms with E-state index in [2.05, 4.69) is 24.9 Å². The van der Waals surface area contributed by atoms with Crippen LogP contribution >= 0.6 is 0 Å². The summed E-state index contributed by atoms with van der Waals surface area (Å²) in [4.78, 5) is 35.8. The number of carbonyl (C=O) groups is 1. The van der Waals surface area contributed by atoms with Crippen molar-refractivity contribution < 1.29 is 4.79 Å². The molecule has 1 aliphatic heterocycles. The summed E-state index contributed by atoms with van der Waals surface area (Å²) in [6, 6.07) is 5.48. The number of hydrogen-bond acceptors (Lipinski definition) is 5. The minimum Gasteiger partial charge on any atom is -0.341 e. The lowest BCUT2D eigenvalue weighted by molar-refractivity contribution is 0.0605. The highest BCUT2D eigenvalue weighted by atomic mass is 16.2. The predicted molar refractivity (Wildman–Crippen MR) is 101 cm³/mol. The molecule has 0 aromatic carbocycles. The highest BCUT2D eigenvalue weighted by Crippen LogP contribution is 2.32. The van der Waals surface area contributed by atoms with Crippen LogP contribution < -0.4 is 0 Å². The standard InChI is InChI=1S/C20H22N6O/c1-13-11-22-19(23-13)17-10-16(24-14(2)25-17)18-7-3-4-9-26(18)20(27)15-6-5-8-21-12-15/h5-6,8,10-12,18H,3-4,7,9H2,1-2H3,(H,22,23)/t18-/m1/s1. The number of aromatic nitrogens is 5. The third-order valence-electron chi connectivity index (χ3n) is 4.82. The smallest absolute Gasteiger partial charge is 0.255 e. The minimum absolute atomic E-state index is 0.000502. The molecule has 1 saturated heterocycles. The van der Waals surface area contributed by atoms with E-state index >= 15 is 0 Å².